The zero-order valence-electron chi connectivity index (χ0n) is 16.8. The summed E-state index contributed by atoms with van der Waals surface area (Å²) in [5.41, 5.74) is 0.748. The van der Waals surface area contributed by atoms with E-state index >= 15 is 0 Å². The predicted molar refractivity (Wildman–Crippen MR) is 115 cm³/mol. The van der Waals surface area contributed by atoms with Gasteiger partial charge < -0.3 is 9.84 Å². The Morgan fingerprint density at radius 1 is 0.875 bits per heavy atom. The molecular weight excluding hydrogens is 408 g/mol. The highest BCUT2D eigenvalue weighted by atomic mass is 16.5. The Morgan fingerprint density at radius 2 is 1.38 bits per heavy atom. The Bertz CT molecular complexity index is 1190. The lowest BCUT2D eigenvalue weighted by Crippen LogP contribution is -2.76. The number of aliphatic imine (C=N–C) groups is 1. The molecule has 0 bridgehead atoms. The van der Waals surface area contributed by atoms with Crippen molar-refractivity contribution in [2.75, 3.05) is 0 Å². The number of likely N-dealkylation sites (tertiary alicyclic amines) is 1. The van der Waals surface area contributed by atoms with Crippen LogP contribution in [-0.4, -0.2) is 45.5 Å². The maximum atomic E-state index is 13.5. The molecule has 0 aliphatic carbocycles. The van der Waals surface area contributed by atoms with Gasteiger partial charge in [-0.05, 0) is 23.3 Å². The van der Waals surface area contributed by atoms with E-state index < -0.39 is 35.5 Å². The third-order valence-electron chi connectivity index (χ3n) is 5.81. The molecule has 2 aliphatic heterocycles. The van der Waals surface area contributed by atoms with Gasteiger partial charge in [0.15, 0.2) is 0 Å². The largest absolute Gasteiger partial charge is 0.474 e. The third kappa shape index (κ3) is 2.82. The Morgan fingerprint density at radius 3 is 1.88 bits per heavy atom. The van der Waals surface area contributed by atoms with Crippen LogP contribution in [0.3, 0.4) is 0 Å². The quantitative estimate of drug-likeness (QED) is 0.511. The highest BCUT2D eigenvalue weighted by Crippen LogP contribution is 2.52. The predicted octanol–water partition coefficient (Wildman–Crippen LogP) is 2.81. The van der Waals surface area contributed by atoms with Crippen LogP contribution in [0.15, 0.2) is 96.0 Å². The van der Waals surface area contributed by atoms with Crippen molar-refractivity contribution in [2.45, 2.75) is 17.7 Å². The molecule has 32 heavy (non-hydrogen) atoms. The van der Waals surface area contributed by atoms with Gasteiger partial charge in [0, 0.05) is 11.5 Å². The van der Waals surface area contributed by atoms with E-state index in [0.29, 0.717) is 10.5 Å². The Kier molecular flexibility index (Phi) is 4.59. The smallest absolute Gasteiger partial charge is 0.395 e. The topological polar surface area (TPSA) is 96.3 Å². The number of nitrogens with zero attached hydrogens (tertiary/aromatic N) is 2. The number of benzene rings is 3. The second-order valence-electron chi connectivity index (χ2n) is 7.62. The molecule has 3 aromatic carbocycles. The molecule has 0 aromatic heterocycles. The van der Waals surface area contributed by atoms with Crippen LogP contribution in [0.1, 0.15) is 22.6 Å². The molecule has 2 amide bonds. The van der Waals surface area contributed by atoms with Crippen LogP contribution >= 0.6 is 0 Å². The molecule has 2 aliphatic rings. The monoisotopic (exact) mass is 426 g/mol. The lowest BCUT2D eigenvalue weighted by atomic mass is 9.68. The maximum absolute atomic E-state index is 13.5. The van der Waals surface area contributed by atoms with Gasteiger partial charge in [-0.25, -0.2) is 14.7 Å². The van der Waals surface area contributed by atoms with Gasteiger partial charge in [-0.1, -0.05) is 78.9 Å². The lowest BCUT2D eigenvalue weighted by molar-refractivity contribution is -0.190. The molecule has 0 spiro atoms. The van der Waals surface area contributed by atoms with Crippen LogP contribution in [-0.2, 0) is 19.1 Å². The first-order valence-electron chi connectivity index (χ1n) is 10.1. The summed E-state index contributed by atoms with van der Waals surface area (Å²) in [4.78, 5) is 42.7. The van der Waals surface area contributed by atoms with Crippen molar-refractivity contribution in [3.63, 3.8) is 0 Å². The maximum Gasteiger partial charge on any atom is 0.395 e. The van der Waals surface area contributed by atoms with Crippen LogP contribution in [0, 0.1) is 0 Å². The van der Waals surface area contributed by atoms with Crippen molar-refractivity contribution < 1.29 is 24.2 Å². The van der Waals surface area contributed by atoms with Gasteiger partial charge in [-0.3, -0.25) is 9.59 Å². The van der Waals surface area contributed by atoms with E-state index in [9.17, 15) is 19.5 Å². The highest BCUT2D eigenvalue weighted by molar-refractivity contribution is 6.36. The number of carboxylic acid groups (broad SMARTS) is 1. The molecule has 5 rings (SSSR count). The molecule has 2 heterocycles. The van der Waals surface area contributed by atoms with Gasteiger partial charge in [0.05, 0.1) is 0 Å². The van der Waals surface area contributed by atoms with E-state index in [0.717, 1.165) is 11.1 Å². The molecule has 2 atom stereocenters. The van der Waals surface area contributed by atoms with E-state index in [1.165, 1.54) is 0 Å². The average Bonchev–Trinajstić information content (AvgIpc) is 3.17. The van der Waals surface area contributed by atoms with E-state index in [2.05, 4.69) is 0 Å². The first-order valence-corrected chi connectivity index (χ1v) is 10.1. The van der Waals surface area contributed by atoms with Gasteiger partial charge in [-0.15, -0.1) is 0 Å². The van der Waals surface area contributed by atoms with E-state index in [1.807, 2.05) is 78.9 Å². The fourth-order valence-electron chi connectivity index (χ4n) is 4.42. The molecule has 3 aromatic rings. The number of hydrogen-bond acceptors (Lipinski definition) is 5. The summed E-state index contributed by atoms with van der Waals surface area (Å²) in [6.45, 7) is 0. The molecule has 0 unspecified atom stereocenters. The first-order chi connectivity index (χ1) is 15.5. The summed E-state index contributed by atoms with van der Waals surface area (Å²) in [6, 6.07) is 27.7. The number of β-lactam (4-membered cyclic amide) rings is 1. The molecule has 7 nitrogen and oxygen atoms in total. The second kappa shape index (κ2) is 7.46. The standard InChI is InChI=1S/C25H18N2O5/c28-21(22(29)30)27-23(31)25(24(27)32-20(26-25)18-14-8-3-9-15-18)19(16-10-4-1-5-11-16)17-12-6-2-7-13-17/h1-15,19,24H,(H,29,30)/t24-,25-/m0/s1. The van der Waals surface area contributed by atoms with Crippen LogP contribution < -0.4 is 0 Å². The highest BCUT2D eigenvalue weighted by Gasteiger charge is 2.73. The summed E-state index contributed by atoms with van der Waals surface area (Å²) >= 11 is 0. The number of carboxylic acids is 1. The number of amides is 2. The molecule has 1 fully saturated rings. The summed E-state index contributed by atoms with van der Waals surface area (Å²) in [5, 5.41) is 9.26. The van der Waals surface area contributed by atoms with Gasteiger partial charge >= 0.3 is 11.9 Å². The summed E-state index contributed by atoms with van der Waals surface area (Å²) in [7, 11) is 0. The number of hydrogen-bond donors (Lipinski definition) is 1. The van der Waals surface area contributed by atoms with Crippen molar-refractivity contribution in [1.82, 2.24) is 4.90 Å². The first kappa shape index (κ1) is 19.7. The van der Waals surface area contributed by atoms with Crippen LogP contribution in [0.25, 0.3) is 0 Å². The number of imide groups is 1. The van der Waals surface area contributed by atoms with E-state index in [-0.39, 0.29) is 5.90 Å². The fraction of sp³-hybridized carbons (Fsp3) is 0.120. The minimum atomic E-state index is -1.72. The Hall–Kier alpha value is -4.26. The minimum absolute atomic E-state index is 0.196. The SMILES string of the molecule is O=C(O)C(=O)N1C(=O)[C@]2(C(c3ccccc3)c3ccccc3)N=C(c3ccccc3)O[C@H]12. The Labute approximate surface area is 183 Å². The normalized spacial score (nSPS) is 21.4. The summed E-state index contributed by atoms with van der Waals surface area (Å²) < 4.78 is 6.00. The molecule has 1 saturated heterocycles. The average molecular weight is 426 g/mol. The molecule has 1 N–H and O–H groups in total. The van der Waals surface area contributed by atoms with E-state index in [4.69, 9.17) is 9.73 Å². The lowest BCUT2D eigenvalue weighted by Gasteiger charge is -2.50. The van der Waals surface area contributed by atoms with E-state index in [1.54, 1.807) is 12.1 Å². The van der Waals surface area contributed by atoms with Crippen molar-refractivity contribution >= 4 is 23.7 Å². The minimum Gasteiger partial charge on any atom is -0.474 e. The van der Waals surface area contributed by atoms with Gasteiger partial charge in [0.1, 0.15) is 0 Å². The molecule has 0 radical (unpaired) electrons. The van der Waals surface area contributed by atoms with Crippen molar-refractivity contribution in [3.05, 3.63) is 108 Å². The zero-order valence-corrected chi connectivity index (χ0v) is 16.8. The zero-order chi connectivity index (χ0) is 22.3. The van der Waals surface area contributed by atoms with Crippen molar-refractivity contribution in [1.29, 1.82) is 0 Å². The third-order valence-corrected chi connectivity index (χ3v) is 5.81. The van der Waals surface area contributed by atoms with Crippen LogP contribution in [0.4, 0.5) is 0 Å². The number of ether oxygens (including phenoxy) is 1. The molecular formula is C25H18N2O5. The molecule has 7 heteroatoms. The molecule has 0 saturated carbocycles. The number of rotatable bonds is 4. The van der Waals surface area contributed by atoms with Gasteiger partial charge in [0.25, 0.3) is 5.91 Å². The Balaban J connectivity index is 1.71. The van der Waals surface area contributed by atoms with Gasteiger partial charge in [0.2, 0.25) is 17.7 Å². The number of aliphatic carboxylic acids is 1. The van der Waals surface area contributed by atoms with Crippen molar-refractivity contribution in [3.8, 4) is 0 Å². The number of carbonyl (C=O) groups excluding carboxylic acids is 2. The second-order valence-corrected chi connectivity index (χ2v) is 7.62. The fourth-order valence-corrected chi connectivity index (χ4v) is 4.42. The van der Waals surface area contributed by atoms with Crippen LogP contribution in [0.5, 0.6) is 0 Å². The van der Waals surface area contributed by atoms with Gasteiger partial charge in [-0.2, -0.15) is 0 Å². The summed E-state index contributed by atoms with van der Waals surface area (Å²) in [6.07, 6.45) is -1.17. The summed E-state index contributed by atoms with van der Waals surface area (Å²) in [5.74, 6) is -4.14. The van der Waals surface area contributed by atoms with Crippen LogP contribution in [0.2, 0.25) is 0 Å². The number of fused-ring (bicyclic) bond motifs is 1. The number of carbonyl (C=O) groups is 3. The van der Waals surface area contributed by atoms with Crippen molar-refractivity contribution in [2.24, 2.45) is 4.99 Å². The molecule has 158 valence electrons.